The molecule has 6 heterocycles. The first-order chi connectivity index (χ1) is 15.8. The molecule has 32 heavy (non-hydrogen) atoms. The van der Waals surface area contributed by atoms with Crippen LogP contribution in [-0.2, 0) is 0 Å². The number of ether oxygens (including phenoxy) is 1. The quantitative estimate of drug-likeness (QED) is 0.442. The lowest BCUT2D eigenvalue weighted by Gasteiger charge is -2.03. The minimum atomic E-state index is 0.614. The highest BCUT2D eigenvalue weighted by Crippen LogP contribution is 2.31. The Morgan fingerprint density at radius 2 is 1.66 bits per heavy atom. The van der Waals surface area contributed by atoms with Gasteiger partial charge in [-0.15, -0.1) is 0 Å². The summed E-state index contributed by atoms with van der Waals surface area (Å²) in [5.74, 6) is 1.29. The van der Waals surface area contributed by atoms with Gasteiger partial charge in [0.15, 0.2) is 11.5 Å². The number of nitrogens with zero attached hydrogens (tertiary/aromatic N) is 6. The number of pyridine rings is 4. The number of aromatic amines is 2. The Morgan fingerprint density at radius 1 is 0.781 bits per heavy atom. The fraction of sp³-hybridized carbons (Fsp3) is 0.0435. The van der Waals surface area contributed by atoms with Gasteiger partial charge >= 0.3 is 0 Å². The Labute approximate surface area is 181 Å². The predicted octanol–water partition coefficient (Wildman–Crippen LogP) is 4.03. The van der Waals surface area contributed by atoms with E-state index in [4.69, 9.17) is 14.7 Å². The van der Waals surface area contributed by atoms with E-state index >= 15 is 0 Å². The summed E-state index contributed by atoms with van der Waals surface area (Å²) in [5, 5.41) is 7.52. The molecule has 0 aliphatic rings. The minimum absolute atomic E-state index is 0.614. The van der Waals surface area contributed by atoms with Gasteiger partial charge in [0.1, 0.15) is 11.3 Å². The summed E-state index contributed by atoms with van der Waals surface area (Å²) < 4.78 is 5.29. The molecule has 0 aliphatic carbocycles. The van der Waals surface area contributed by atoms with Crippen LogP contribution in [0.4, 0.5) is 0 Å². The lowest BCUT2D eigenvalue weighted by molar-refractivity contribution is 0.413. The third-order valence-electron chi connectivity index (χ3n) is 5.26. The van der Waals surface area contributed by atoms with Crippen molar-refractivity contribution in [2.24, 2.45) is 0 Å². The average Bonchev–Trinajstić information content (AvgIpc) is 3.48. The van der Waals surface area contributed by atoms with Gasteiger partial charge in [-0.1, -0.05) is 0 Å². The number of imidazole rings is 1. The van der Waals surface area contributed by atoms with E-state index in [1.54, 1.807) is 44.3 Å². The number of hydrogen-bond donors (Lipinski definition) is 2. The third-order valence-corrected chi connectivity index (χ3v) is 5.26. The highest BCUT2D eigenvalue weighted by atomic mass is 16.5. The maximum Gasteiger partial charge on any atom is 0.161 e. The predicted molar refractivity (Wildman–Crippen MR) is 120 cm³/mol. The highest BCUT2D eigenvalue weighted by molar-refractivity contribution is 5.95. The summed E-state index contributed by atoms with van der Waals surface area (Å²) in [4.78, 5) is 25.7. The van der Waals surface area contributed by atoms with Gasteiger partial charge in [-0.05, 0) is 35.9 Å². The van der Waals surface area contributed by atoms with Gasteiger partial charge in [-0.2, -0.15) is 5.10 Å². The number of hydrogen-bond acceptors (Lipinski definition) is 7. The van der Waals surface area contributed by atoms with Gasteiger partial charge < -0.3 is 9.72 Å². The van der Waals surface area contributed by atoms with Crippen LogP contribution in [0.15, 0.2) is 67.5 Å². The van der Waals surface area contributed by atoms with Crippen LogP contribution < -0.4 is 4.74 Å². The summed E-state index contributed by atoms with van der Waals surface area (Å²) in [6.07, 6.45) is 10.5. The fourth-order valence-electron chi connectivity index (χ4n) is 3.68. The Kier molecular flexibility index (Phi) is 4.10. The Morgan fingerprint density at radius 3 is 2.53 bits per heavy atom. The Balaban J connectivity index is 1.50. The molecule has 0 aromatic carbocycles. The Hall–Kier alpha value is -4.66. The normalized spacial score (nSPS) is 11.3. The van der Waals surface area contributed by atoms with Crippen molar-refractivity contribution in [3.05, 3.63) is 67.5 Å². The molecule has 154 valence electrons. The molecule has 2 N–H and O–H groups in total. The van der Waals surface area contributed by atoms with Crippen molar-refractivity contribution in [3.8, 4) is 39.7 Å². The number of methoxy groups -OCH3 is 1. The Bertz CT molecular complexity index is 1570. The van der Waals surface area contributed by atoms with Crippen LogP contribution in [0.5, 0.6) is 5.75 Å². The molecule has 0 saturated heterocycles. The number of aromatic nitrogens is 8. The van der Waals surface area contributed by atoms with Gasteiger partial charge in [-0.3, -0.25) is 20.1 Å². The third kappa shape index (κ3) is 2.95. The van der Waals surface area contributed by atoms with Crippen molar-refractivity contribution < 1.29 is 4.74 Å². The van der Waals surface area contributed by atoms with E-state index in [1.807, 2.05) is 30.3 Å². The van der Waals surface area contributed by atoms with Crippen LogP contribution in [-0.4, -0.2) is 47.2 Å². The molecule has 9 nitrogen and oxygen atoms in total. The molecule has 0 atom stereocenters. The lowest BCUT2D eigenvalue weighted by Crippen LogP contribution is -1.89. The molecule has 0 saturated carbocycles. The van der Waals surface area contributed by atoms with E-state index < -0.39 is 0 Å². The van der Waals surface area contributed by atoms with Crippen molar-refractivity contribution in [2.75, 3.05) is 7.11 Å². The van der Waals surface area contributed by atoms with E-state index in [9.17, 15) is 0 Å². The first kappa shape index (κ1) is 18.1. The molecule has 9 heteroatoms. The molecule has 0 amide bonds. The largest absolute Gasteiger partial charge is 0.495 e. The van der Waals surface area contributed by atoms with Crippen LogP contribution in [0.2, 0.25) is 0 Å². The van der Waals surface area contributed by atoms with Crippen molar-refractivity contribution >= 4 is 22.1 Å². The monoisotopic (exact) mass is 420 g/mol. The SMILES string of the molecule is COc1cncc(-c2ccc3[nH]nc(-c4nc5c(-c6ccncc6)cncc5[nH]4)c3n2)c1. The second-order valence-corrected chi connectivity index (χ2v) is 7.18. The lowest BCUT2D eigenvalue weighted by atomic mass is 10.1. The van der Waals surface area contributed by atoms with Gasteiger partial charge in [0, 0.05) is 35.9 Å². The molecule has 0 bridgehead atoms. The molecule has 0 fully saturated rings. The molecule has 6 aromatic heterocycles. The summed E-state index contributed by atoms with van der Waals surface area (Å²) in [5.41, 5.74) is 7.32. The zero-order valence-electron chi connectivity index (χ0n) is 16.9. The van der Waals surface area contributed by atoms with Crippen molar-refractivity contribution in [3.63, 3.8) is 0 Å². The van der Waals surface area contributed by atoms with E-state index in [0.717, 1.165) is 38.9 Å². The van der Waals surface area contributed by atoms with Gasteiger partial charge in [0.25, 0.3) is 0 Å². The van der Waals surface area contributed by atoms with Gasteiger partial charge in [-0.25, -0.2) is 9.97 Å². The second kappa shape index (κ2) is 7.24. The van der Waals surface area contributed by atoms with Crippen molar-refractivity contribution in [2.45, 2.75) is 0 Å². The molecule has 0 unspecified atom stereocenters. The number of fused-ring (bicyclic) bond motifs is 2. The van der Waals surface area contributed by atoms with Crippen LogP contribution in [0.3, 0.4) is 0 Å². The van der Waals surface area contributed by atoms with Crippen LogP contribution >= 0.6 is 0 Å². The second-order valence-electron chi connectivity index (χ2n) is 7.18. The maximum absolute atomic E-state index is 5.29. The topological polar surface area (TPSA) is 118 Å². The molecule has 6 rings (SSSR count). The average molecular weight is 420 g/mol. The fourth-order valence-corrected chi connectivity index (χ4v) is 3.68. The summed E-state index contributed by atoms with van der Waals surface area (Å²) in [7, 11) is 1.61. The molecule has 0 spiro atoms. The summed E-state index contributed by atoms with van der Waals surface area (Å²) in [6, 6.07) is 9.63. The van der Waals surface area contributed by atoms with Crippen LogP contribution in [0.25, 0.3) is 56.0 Å². The molecular formula is C23H16N8O. The van der Waals surface area contributed by atoms with E-state index in [2.05, 4.69) is 30.1 Å². The summed E-state index contributed by atoms with van der Waals surface area (Å²) in [6.45, 7) is 0. The molecule has 0 radical (unpaired) electrons. The molecular weight excluding hydrogens is 404 g/mol. The molecule has 6 aromatic rings. The zero-order valence-corrected chi connectivity index (χ0v) is 16.9. The smallest absolute Gasteiger partial charge is 0.161 e. The minimum Gasteiger partial charge on any atom is -0.495 e. The van der Waals surface area contributed by atoms with Gasteiger partial charge in [0.05, 0.1) is 41.7 Å². The number of rotatable bonds is 4. The number of H-pyrrole nitrogens is 2. The van der Waals surface area contributed by atoms with Crippen LogP contribution in [0, 0.1) is 0 Å². The van der Waals surface area contributed by atoms with Crippen molar-refractivity contribution in [1.29, 1.82) is 0 Å². The maximum atomic E-state index is 5.29. The van der Waals surface area contributed by atoms with E-state index in [1.165, 1.54) is 0 Å². The van der Waals surface area contributed by atoms with E-state index in [-0.39, 0.29) is 0 Å². The van der Waals surface area contributed by atoms with Gasteiger partial charge in [0.2, 0.25) is 0 Å². The highest BCUT2D eigenvalue weighted by Gasteiger charge is 2.17. The first-order valence-electron chi connectivity index (χ1n) is 9.89. The molecule has 0 aliphatic heterocycles. The van der Waals surface area contributed by atoms with Crippen LogP contribution in [0.1, 0.15) is 0 Å². The van der Waals surface area contributed by atoms with E-state index in [0.29, 0.717) is 22.8 Å². The summed E-state index contributed by atoms with van der Waals surface area (Å²) >= 11 is 0. The number of nitrogens with one attached hydrogen (secondary N) is 2. The van der Waals surface area contributed by atoms with Crippen molar-refractivity contribution in [1.82, 2.24) is 40.1 Å². The standard InChI is InChI=1S/C23H16N8O/c1-32-15-8-14(9-25-10-15)17-2-3-18-21(27-17)22(31-30-18)23-28-19-12-26-11-16(20(19)29-23)13-4-6-24-7-5-13/h2-12H,1H3,(H,28,29)(H,30,31). The zero-order chi connectivity index (χ0) is 21.5. The first-order valence-corrected chi connectivity index (χ1v) is 9.89.